The molecule has 0 bridgehead atoms. The number of anilines is 2. The Morgan fingerprint density at radius 2 is 2.08 bits per heavy atom. The number of benzene rings is 2. The van der Waals surface area contributed by atoms with Gasteiger partial charge in [0.2, 0.25) is 0 Å². The number of nitrogen functional groups attached to an aromatic ring is 1. The summed E-state index contributed by atoms with van der Waals surface area (Å²) in [6.45, 7) is 0. The van der Waals surface area contributed by atoms with Crippen LogP contribution in [-0.4, -0.2) is 17.9 Å². The Morgan fingerprint density at radius 3 is 2.80 bits per heavy atom. The fraction of sp³-hybridized carbons (Fsp3) is 0.278. The second-order valence-electron chi connectivity index (χ2n) is 6.12. The van der Waals surface area contributed by atoms with Gasteiger partial charge in [-0.1, -0.05) is 6.07 Å². The summed E-state index contributed by atoms with van der Waals surface area (Å²) >= 11 is 0. The number of carbonyl (C=O) groups is 1. The summed E-state index contributed by atoms with van der Waals surface area (Å²) in [6.07, 6.45) is 2.82. The maximum atomic E-state index is 11.7. The second-order valence-corrected chi connectivity index (χ2v) is 6.12. The van der Waals surface area contributed by atoms with Gasteiger partial charge in [-0.2, -0.15) is 0 Å². The van der Waals surface area contributed by atoms with Gasteiger partial charge in [0.1, 0.15) is 5.69 Å². The highest BCUT2D eigenvalue weighted by Gasteiger charge is 2.24. The van der Waals surface area contributed by atoms with Gasteiger partial charge >= 0.3 is 0 Å². The lowest BCUT2D eigenvalue weighted by Gasteiger charge is -2.27. The van der Waals surface area contributed by atoms with E-state index in [9.17, 15) is 14.9 Å². The molecule has 0 aliphatic heterocycles. The third kappa shape index (κ3) is 3.40. The number of rotatable bonds is 4. The number of hydrogen-bond acceptors (Lipinski definition) is 5. The minimum absolute atomic E-state index is 0.0195. The van der Waals surface area contributed by atoms with Gasteiger partial charge in [-0.3, -0.25) is 14.9 Å². The van der Waals surface area contributed by atoms with Crippen LogP contribution in [0.4, 0.5) is 17.1 Å². The van der Waals surface area contributed by atoms with Gasteiger partial charge in [-0.25, -0.2) is 0 Å². The Labute approximate surface area is 145 Å². The van der Waals surface area contributed by atoms with Crippen LogP contribution in [0.3, 0.4) is 0 Å². The zero-order chi connectivity index (χ0) is 18.0. The van der Waals surface area contributed by atoms with Gasteiger partial charge in [0.25, 0.3) is 11.6 Å². The lowest BCUT2D eigenvalue weighted by atomic mass is 9.87. The predicted octanol–water partition coefficient (Wildman–Crippen LogP) is 3.03. The Kier molecular flexibility index (Phi) is 4.56. The number of aryl methyl sites for hydroxylation is 1. The van der Waals surface area contributed by atoms with E-state index in [0.717, 1.165) is 30.5 Å². The largest absolute Gasteiger partial charge is 0.399 e. The molecule has 0 spiro atoms. The molecule has 0 heterocycles. The van der Waals surface area contributed by atoms with Crippen molar-refractivity contribution in [3.8, 4) is 0 Å². The van der Waals surface area contributed by atoms with Crippen molar-refractivity contribution < 1.29 is 9.72 Å². The molecule has 7 heteroatoms. The zero-order valence-corrected chi connectivity index (χ0v) is 13.9. The smallest absolute Gasteiger partial charge is 0.293 e. The van der Waals surface area contributed by atoms with Crippen LogP contribution in [0.25, 0.3) is 0 Å². The highest BCUT2D eigenvalue weighted by Crippen LogP contribution is 2.36. The van der Waals surface area contributed by atoms with Gasteiger partial charge in [-0.05, 0) is 54.7 Å². The molecular formula is C18H20N4O3. The van der Waals surface area contributed by atoms with Gasteiger partial charge in [0, 0.05) is 24.4 Å². The lowest BCUT2D eigenvalue weighted by Crippen LogP contribution is -2.20. The number of carbonyl (C=O) groups excluding carboxylic acids is 1. The fourth-order valence-corrected chi connectivity index (χ4v) is 3.26. The summed E-state index contributed by atoms with van der Waals surface area (Å²) in [7, 11) is 1.49. The van der Waals surface area contributed by atoms with Crippen molar-refractivity contribution >= 4 is 23.0 Å². The van der Waals surface area contributed by atoms with Crippen molar-refractivity contribution in [1.29, 1.82) is 0 Å². The van der Waals surface area contributed by atoms with E-state index in [-0.39, 0.29) is 23.2 Å². The molecule has 2 aromatic rings. The van der Waals surface area contributed by atoms with Crippen molar-refractivity contribution in [3.05, 3.63) is 63.2 Å². The highest BCUT2D eigenvalue weighted by atomic mass is 16.6. The summed E-state index contributed by atoms with van der Waals surface area (Å²) in [6, 6.07) is 10.2. The van der Waals surface area contributed by atoms with E-state index in [2.05, 4.69) is 10.6 Å². The molecule has 1 atom stereocenters. The topological polar surface area (TPSA) is 110 Å². The van der Waals surface area contributed by atoms with E-state index < -0.39 is 4.92 Å². The maximum Gasteiger partial charge on any atom is 0.293 e. The van der Waals surface area contributed by atoms with Crippen LogP contribution in [0.15, 0.2) is 36.4 Å². The van der Waals surface area contributed by atoms with Crippen LogP contribution in [0.2, 0.25) is 0 Å². The summed E-state index contributed by atoms with van der Waals surface area (Å²) < 4.78 is 0. The van der Waals surface area contributed by atoms with Gasteiger partial charge in [0.15, 0.2) is 0 Å². The van der Waals surface area contributed by atoms with E-state index in [1.54, 1.807) is 12.1 Å². The van der Waals surface area contributed by atoms with Gasteiger partial charge < -0.3 is 16.4 Å². The standard InChI is InChI=1S/C18H20N4O3/c1-20-18(23)12-5-8-16(17(10-12)22(24)25)21-15-4-2-3-11-9-13(19)6-7-14(11)15/h5-10,15,21H,2-4,19H2,1H3,(H,20,23). The maximum absolute atomic E-state index is 11.7. The number of nitrogens with one attached hydrogen (secondary N) is 2. The first-order chi connectivity index (χ1) is 12.0. The molecule has 25 heavy (non-hydrogen) atoms. The molecule has 4 N–H and O–H groups in total. The molecule has 1 unspecified atom stereocenters. The Hall–Kier alpha value is -3.09. The molecule has 7 nitrogen and oxygen atoms in total. The first kappa shape index (κ1) is 16.8. The van der Waals surface area contributed by atoms with Crippen LogP contribution in [0.5, 0.6) is 0 Å². The number of nitrogens with zero attached hydrogens (tertiary/aromatic N) is 1. The Morgan fingerprint density at radius 1 is 1.28 bits per heavy atom. The molecule has 0 radical (unpaired) electrons. The summed E-state index contributed by atoms with van der Waals surface area (Å²) in [5.41, 5.74) is 9.43. The SMILES string of the molecule is CNC(=O)c1ccc(NC2CCCc3cc(N)ccc32)c([N+](=O)[O-])c1. The molecule has 2 aromatic carbocycles. The summed E-state index contributed by atoms with van der Waals surface area (Å²) in [5, 5.41) is 17.2. The zero-order valence-electron chi connectivity index (χ0n) is 13.9. The molecule has 1 aliphatic rings. The van der Waals surface area contributed by atoms with Crippen molar-refractivity contribution in [1.82, 2.24) is 5.32 Å². The van der Waals surface area contributed by atoms with E-state index >= 15 is 0 Å². The number of nitro benzene ring substituents is 1. The van der Waals surface area contributed by atoms with Gasteiger partial charge in [0.05, 0.1) is 11.0 Å². The number of amides is 1. The number of hydrogen-bond donors (Lipinski definition) is 3. The highest BCUT2D eigenvalue weighted by molar-refractivity contribution is 5.95. The molecule has 1 aliphatic carbocycles. The van der Waals surface area contributed by atoms with Gasteiger partial charge in [-0.15, -0.1) is 0 Å². The van der Waals surface area contributed by atoms with Crippen LogP contribution < -0.4 is 16.4 Å². The Bertz CT molecular complexity index is 835. The molecule has 0 aromatic heterocycles. The van der Waals surface area contributed by atoms with E-state index in [4.69, 9.17) is 5.73 Å². The van der Waals surface area contributed by atoms with E-state index in [1.165, 1.54) is 18.7 Å². The molecule has 3 rings (SSSR count). The van der Waals surface area contributed by atoms with Crippen LogP contribution in [0.1, 0.15) is 40.4 Å². The fourth-order valence-electron chi connectivity index (χ4n) is 3.26. The lowest BCUT2D eigenvalue weighted by molar-refractivity contribution is -0.384. The van der Waals surface area contributed by atoms with Crippen molar-refractivity contribution in [2.24, 2.45) is 0 Å². The average molecular weight is 340 g/mol. The third-order valence-corrected chi connectivity index (χ3v) is 4.49. The first-order valence-corrected chi connectivity index (χ1v) is 8.15. The van der Waals surface area contributed by atoms with Crippen molar-refractivity contribution in [2.45, 2.75) is 25.3 Å². The molecular weight excluding hydrogens is 320 g/mol. The monoisotopic (exact) mass is 340 g/mol. The molecule has 0 fully saturated rings. The normalized spacial score (nSPS) is 16.0. The minimum Gasteiger partial charge on any atom is -0.399 e. The van der Waals surface area contributed by atoms with Crippen LogP contribution >= 0.6 is 0 Å². The van der Waals surface area contributed by atoms with Crippen LogP contribution in [0, 0.1) is 10.1 Å². The number of nitro groups is 1. The van der Waals surface area contributed by atoms with Crippen molar-refractivity contribution in [3.63, 3.8) is 0 Å². The van der Waals surface area contributed by atoms with Crippen LogP contribution in [-0.2, 0) is 6.42 Å². The molecule has 0 saturated carbocycles. The van der Waals surface area contributed by atoms with E-state index in [1.807, 2.05) is 18.2 Å². The molecule has 1 amide bonds. The molecule has 0 saturated heterocycles. The number of fused-ring (bicyclic) bond motifs is 1. The second kappa shape index (κ2) is 6.80. The quantitative estimate of drug-likeness (QED) is 0.450. The summed E-state index contributed by atoms with van der Waals surface area (Å²) in [5.74, 6) is -0.354. The number of nitrogens with two attached hydrogens (primary N) is 1. The first-order valence-electron chi connectivity index (χ1n) is 8.15. The minimum atomic E-state index is -0.471. The molecule has 130 valence electrons. The summed E-state index contributed by atoms with van der Waals surface area (Å²) in [4.78, 5) is 22.7. The Balaban J connectivity index is 1.94. The average Bonchev–Trinajstić information content (AvgIpc) is 2.61. The van der Waals surface area contributed by atoms with E-state index in [0.29, 0.717) is 5.69 Å². The third-order valence-electron chi connectivity index (χ3n) is 4.49. The predicted molar refractivity (Wildman–Crippen MR) is 96.6 cm³/mol. The van der Waals surface area contributed by atoms with Crippen molar-refractivity contribution in [2.75, 3.05) is 18.1 Å².